The number of fused-ring (bicyclic) bond motifs is 1. The minimum Gasteiger partial charge on any atom is -0.480 e. The molecule has 0 radical (unpaired) electrons. The van der Waals surface area contributed by atoms with Crippen LogP contribution >= 0.6 is 0 Å². The van der Waals surface area contributed by atoms with Crippen LogP contribution in [0, 0.1) is 5.92 Å². The van der Waals surface area contributed by atoms with Gasteiger partial charge in [0.1, 0.15) is 6.33 Å². The molecule has 8 heteroatoms. The highest BCUT2D eigenvalue weighted by atomic mass is 16.5. The van der Waals surface area contributed by atoms with E-state index >= 15 is 0 Å². The Hall–Kier alpha value is -2.90. The third kappa shape index (κ3) is 3.27. The van der Waals surface area contributed by atoms with Gasteiger partial charge in [-0.3, -0.25) is 9.59 Å². The number of benzene rings is 1. The summed E-state index contributed by atoms with van der Waals surface area (Å²) in [5.41, 5.74) is 1.91. The van der Waals surface area contributed by atoms with Crippen LogP contribution in [0.25, 0.3) is 10.9 Å². The fourth-order valence-corrected chi connectivity index (χ4v) is 3.85. The molecule has 1 aromatic carbocycles. The van der Waals surface area contributed by atoms with Gasteiger partial charge in [-0.2, -0.15) is 0 Å². The summed E-state index contributed by atoms with van der Waals surface area (Å²) in [6, 6.07) is 6.04. The number of rotatable bonds is 3. The molecular formula is C19H23N5O3. The zero-order chi connectivity index (χ0) is 19.0. The number of amides is 2. The van der Waals surface area contributed by atoms with E-state index in [0.717, 1.165) is 29.7 Å². The summed E-state index contributed by atoms with van der Waals surface area (Å²) in [5, 5.41) is 0.878. The summed E-state index contributed by atoms with van der Waals surface area (Å²) in [6.45, 7) is 3.36. The second kappa shape index (κ2) is 7.02. The largest absolute Gasteiger partial charge is 0.480 e. The monoisotopic (exact) mass is 369 g/mol. The Morgan fingerprint density at radius 2 is 1.96 bits per heavy atom. The van der Waals surface area contributed by atoms with Gasteiger partial charge >= 0.3 is 0 Å². The Balaban J connectivity index is 1.44. The number of likely N-dealkylation sites (tertiary alicyclic amines) is 1. The highest BCUT2D eigenvalue weighted by Gasteiger charge is 2.35. The summed E-state index contributed by atoms with van der Waals surface area (Å²) in [4.78, 5) is 38.6. The second-order valence-electron chi connectivity index (χ2n) is 7.07. The molecule has 3 heterocycles. The quantitative estimate of drug-likeness (QED) is 0.795. The summed E-state index contributed by atoms with van der Waals surface area (Å²) < 4.78 is 5.34. The molecule has 1 aromatic heterocycles. The first-order valence-electron chi connectivity index (χ1n) is 9.13. The molecule has 1 unspecified atom stereocenters. The van der Waals surface area contributed by atoms with Crippen LogP contribution in [0.1, 0.15) is 6.42 Å². The lowest BCUT2D eigenvalue weighted by atomic mass is 10.1. The van der Waals surface area contributed by atoms with E-state index in [-0.39, 0.29) is 17.7 Å². The zero-order valence-electron chi connectivity index (χ0n) is 15.6. The van der Waals surface area contributed by atoms with Crippen molar-refractivity contribution in [1.29, 1.82) is 0 Å². The highest BCUT2D eigenvalue weighted by molar-refractivity contribution is 5.89. The highest BCUT2D eigenvalue weighted by Crippen LogP contribution is 2.27. The maximum absolute atomic E-state index is 12.7. The van der Waals surface area contributed by atoms with Gasteiger partial charge in [0, 0.05) is 51.9 Å². The summed E-state index contributed by atoms with van der Waals surface area (Å²) in [5.74, 6) is 0.516. The molecule has 4 rings (SSSR count). The SMILES string of the molecule is COc1ncnc2ccc(N3CCN(C(=O)C4CC(=O)N(C)C4)CC3)cc12. The lowest BCUT2D eigenvalue weighted by molar-refractivity contribution is -0.136. The molecule has 2 saturated heterocycles. The molecule has 2 aliphatic heterocycles. The molecule has 2 aliphatic rings. The predicted octanol–water partition coefficient (Wildman–Crippen LogP) is 0.765. The number of hydrogen-bond donors (Lipinski definition) is 0. The minimum atomic E-state index is -0.198. The van der Waals surface area contributed by atoms with Gasteiger partial charge in [-0.05, 0) is 18.2 Å². The maximum Gasteiger partial charge on any atom is 0.228 e. The molecule has 142 valence electrons. The van der Waals surface area contributed by atoms with Crippen LogP contribution in [0.3, 0.4) is 0 Å². The van der Waals surface area contributed by atoms with E-state index < -0.39 is 0 Å². The molecule has 8 nitrogen and oxygen atoms in total. The van der Waals surface area contributed by atoms with Crippen molar-refractivity contribution in [1.82, 2.24) is 19.8 Å². The maximum atomic E-state index is 12.7. The fraction of sp³-hybridized carbons (Fsp3) is 0.474. The van der Waals surface area contributed by atoms with Crippen molar-refractivity contribution in [2.24, 2.45) is 5.92 Å². The third-order valence-electron chi connectivity index (χ3n) is 5.42. The fourth-order valence-electron chi connectivity index (χ4n) is 3.85. The number of ether oxygens (including phenoxy) is 1. The summed E-state index contributed by atoms with van der Waals surface area (Å²) in [6.07, 6.45) is 1.83. The number of piperazine rings is 1. The number of anilines is 1. The van der Waals surface area contributed by atoms with Crippen LogP contribution in [0.2, 0.25) is 0 Å². The van der Waals surface area contributed by atoms with E-state index in [1.54, 1.807) is 19.1 Å². The van der Waals surface area contributed by atoms with Crippen molar-refractivity contribution in [3.63, 3.8) is 0 Å². The summed E-state index contributed by atoms with van der Waals surface area (Å²) >= 11 is 0. The molecule has 2 amide bonds. The molecule has 0 spiro atoms. The van der Waals surface area contributed by atoms with Crippen molar-refractivity contribution in [3.8, 4) is 5.88 Å². The van der Waals surface area contributed by atoms with Gasteiger partial charge in [-0.15, -0.1) is 0 Å². The van der Waals surface area contributed by atoms with Gasteiger partial charge < -0.3 is 19.4 Å². The van der Waals surface area contributed by atoms with E-state index in [9.17, 15) is 9.59 Å². The normalized spacial score (nSPS) is 20.4. The molecular weight excluding hydrogens is 346 g/mol. The molecule has 0 N–H and O–H groups in total. The topological polar surface area (TPSA) is 78.9 Å². The Labute approximate surface area is 157 Å². The average molecular weight is 369 g/mol. The number of carbonyl (C=O) groups excluding carboxylic acids is 2. The van der Waals surface area contributed by atoms with Crippen molar-refractivity contribution < 1.29 is 14.3 Å². The minimum absolute atomic E-state index is 0.0549. The van der Waals surface area contributed by atoms with Crippen molar-refractivity contribution >= 4 is 28.4 Å². The first kappa shape index (κ1) is 17.5. The van der Waals surface area contributed by atoms with Crippen LogP contribution < -0.4 is 9.64 Å². The van der Waals surface area contributed by atoms with E-state index in [2.05, 4.69) is 14.9 Å². The number of aromatic nitrogens is 2. The Morgan fingerprint density at radius 1 is 1.19 bits per heavy atom. The van der Waals surface area contributed by atoms with Crippen LogP contribution in [-0.4, -0.2) is 78.5 Å². The lowest BCUT2D eigenvalue weighted by Gasteiger charge is -2.37. The van der Waals surface area contributed by atoms with Gasteiger partial charge in [0.15, 0.2) is 0 Å². The van der Waals surface area contributed by atoms with Gasteiger partial charge in [0.25, 0.3) is 0 Å². The van der Waals surface area contributed by atoms with Crippen LogP contribution in [0.5, 0.6) is 5.88 Å². The summed E-state index contributed by atoms with van der Waals surface area (Å²) in [7, 11) is 3.36. The number of nitrogens with zero attached hydrogens (tertiary/aromatic N) is 5. The van der Waals surface area contributed by atoms with Crippen LogP contribution in [-0.2, 0) is 9.59 Å². The average Bonchev–Trinajstić information content (AvgIpc) is 3.05. The van der Waals surface area contributed by atoms with Crippen molar-refractivity contribution in [3.05, 3.63) is 24.5 Å². The van der Waals surface area contributed by atoms with Gasteiger partial charge in [-0.25, -0.2) is 9.97 Å². The third-order valence-corrected chi connectivity index (χ3v) is 5.42. The van der Waals surface area contributed by atoms with E-state index in [1.807, 2.05) is 23.1 Å². The van der Waals surface area contributed by atoms with Crippen molar-refractivity contribution in [2.75, 3.05) is 51.8 Å². The van der Waals surface area contributed by atoms with Crippen LogP contribution in [0.4, 0.5) is 5.69 Å². The second-order valence-corrected chi connectivity index (χ2v) is 7.07. The lowest BCUT2D eigenvalue weighted by Crippen LogP contribution is -2.50. The van der Waals surface area contributed by atoms with Gasteiger partial charge in [0.2, 0.25) is 17.7 Å². The predicted molar refractivity (Wildman–Crippen MR) is 101 cm³/mol. The van der Waals surface area contributed by atoms with E-state index in [1.165, 1.54) is 6.33 Å². The Morgan fingerprint density at radius 3 is 2.63 bits per heavy atom. The Kier molecular flexibility index (Phi) is 4.55. The van der Waals surface area contributed by atoms with Crippen molar-refractivity contribution in [2.45, 2.75) is 6.42 Å². The first-order chi connectivity index (χ1) is 13.1. The number of carbonyl (C=O) groups is 2. The molecule has 0 saturated carbocycles. The van der Waals surface area contributed by atoms with E-state index in [0.29, 0.717) is 31.9 Å². The molecule has 1 atom stereocenters. The zero-order valence-corrected chi connectivity index (χ0v) is 15.6. The molecule has 27 heavy (non-hydrogen) atoms. The standard InChI is InChI=1S/C19H23N5O3/c1-22-11-13(9-17(22)25)19(26)24-7-5-23(6-8-24)14-3-4-16-15(10-14)18(27-2)21-12-20-16/h3-4,10,12-13H,5-9,11H2,1-2H3. The van der Waals surface area contributed by atoms with Crippen LogP contribution in [0.15, 0.2) is 24.5 Å². The van der Waals surface area contributed by atoms with E-state index in [4.69, 9.17) is 4.74 Å². The Bertz CT molecular complexity index is 879. The van der Waals surface area contributed by atoms with Gasteiger partial charge in [-0.1, -0.05) is 0 Å². The molecule has 2 aromatic rings. The molecule has 0 bridgehead atoms. The van der Waals surface area contributed by atoms with Gasteiger partial charge in [0.05, 0.1) is 23.9 Å². The molecule has 2 fully saturated rings. The number of hydrogen-bond acceptors (Lipinski definition) is 6. The smallest absolute Gasteiger partial charge is 0.228 e. The first-order valence-corrected chi connectivity index (χ1v) is 9.13. The number of methoxy groups -OCH3 is 1. The molecule has 0 aliphatic carbocycles.